The van der Waals surface area contributed by atoms with Crippen molar-refractivity contribution in [2.24, 2.45) is 0 Å². The van der Waals surface area contributed by atoms with Crippen molar-refractivity contribution in [3.63, 3.8) is 0 Å². The lowest BCUT2D eigenvalue weighted by molar-refractivity contribution is 0.0521. The summed E-state index contributed by atoms with van der Waals surface area (Å²) in [5, 5.41) is 8.95. The van der Waals surface area contributed by atoms with Crippen molar-refractivity contribution in [1.82, 2.24) is 0 Å². The van der Waals surface area contributed by atoms with Crippen LogP contribution < -0.4 is 4.74 Å². The Morgan fingerprint density at radius 2 is 2.24 bits per heavy atom. The monoisotopic (exact) mass is 253 g/mol. The van der Waals surface area contributed by atoms with Crippen LogP contribution in [0.2, 0.25) is 0 Å². The minimum absolute atomic E-state index is 0.0498. The van der Waals surface area contributed by atoms with E-state index in [4.69, 9.17) is 26.3 Å². The number of nitrogens with zero attached hydrogens (tertiary/aromatic N) is 1. The summed E-state index contributed by atoms with van der Waals surface area (Å²) in [6, 6.07) is 5.11. The van der Waals surface area contributed by atoms with Gasteiger partial charge in [0.05, 0.1) is 25.3 Å². The van der Waals surface area contributed by atoms with Crippen LogP contribution >= 0.6 is 11.6 Å². The summed E-state index contributed by atoms with van der Waals surface area (Å²) >= 11 is 5.77. The third kappa shape index (κ3) is 2.69. The van der Waals surface area contributed by atoms with E-state index in [2.05, 4.69) is 0 Å². The summed E-state index contributed by atoms with van der Waals surface area (Å²) in [6.07, 6.45) is 0. The molecule has 5 heteroatoms. The maximum Gasteiger partial charge on any atom is 0.342 e. The van der Waals surface area contributed by atoms with Crippen molar-refractivity contribution >= 4 is 17.6 Å². The lowest BCUT2D eigenvalue weighted by atomic mass is 10.0. The molecule has 0 amide bonds. The van der Waals surface area contributed by atoms with Gasteiger partial charge in [0, 0.05) is 11.4 Å². The van der Waals surface area contributed by atoms with E-state index < -0.39 is 5.97 Å². The number of ether oxygens (including phenoxy) is 2. The van der Waals surface area contributed by atoms with Gasteiger partial charge in [-0.25, -0.2) is 4.79 Å². The average molecular weight is 254 g/mol. The molecule has 1 aromatic carbocycles. The number of hydrogen-bond acceptors (Lipinski definition) is 4. The Kier molecular flexibility index (Phi) is 4.80. The van der Waals surface area contributed by atoms with Gasteiger partial charge < -0.3 is 9.47 Å². The fraction of sp³-hybridized carbons (Fsp3) is 0.333. The standard InChI is InChI=1S/C12H12ClNO3/c1-3-17-12(15)11-9(6-13)8(7-14)4-5-10(11)16-2/h4-5H,3,6H2,1-2H3. The van der Waals surface area contributed by atoms with Gasteiger partial charge in [-0.1, -0.05) is 0 Å². The SMILES string of the molecule is CCOC(=O)c1c(OC)ccc(C#N)c1CCl. The molecule has 90 valence electrons. The highest BCUT2D eigenvalue weighted by Gasteiger charge is 2.20. The largest absolute Gasteiger partial charge is 0.496 e. The van der Waals surface area contributed by atoms with Crippen molar-refractivity contribution in [2.45, 2.75) is 12.8 Å². The molecule has 0 saturated carbocycles. The number of methoxy groups -OCH3 is 1. The van der Waals surface area contributed by atoms with Crippen LogP contribution in [0, 0.1) is 11.3 Å². The Labute approximate surface area is 105 Å². The number of esters is 1. The second-order valence-electron chi connectivity index (χ2n) is 3.13. The Hall–Kier alpha value is -1.73. The van der Waals surface area contributed by atoms with Crippen molar-refractivity contribution < 1.29 is 14.3 Å². The van der Waals surface area contributed by atoms with Gasteiger partial charge in [-0.2, -0.15) is 5.26 Å². The molecule has 0 heterocycles. The van der Waals surface area contributed by atoms with Crippen LogP contribution in [0.4, 0.5) is 0 Å². The van der Waals surface area contributed by atoms with Crippen LogP contribution in [0.25, 0.3) is 0 Å². The highest BCUT2D eigenvalue weighted by molar-refractivity contribution is 6.18. The van der Waals surface area contributed by atoms with Crippen LogP contribution in [0.5, 0.6) is 5.75 Å². The normalized spacial score (nSPS) is 9.53. The lowest BCUT2D eigenvalue weighted by Crippen LogP contribution is -2.11. The summed E-state index contributed by atoms with van der Waals surface area (Å²) in [4.78, 5) is 11.8. The summed E-state index contributed by atoms with van der Waals surface area (Å²) in [5.74, 6) is -0.121. The highest BCUT2D eigenvalue weighted by atomic mass is 35.5. The van der Waals surface area contributed by atoms with E-state index in [1.165, 1.54) is 7.11 Å². The maximum absolute atomic E-state index is 11.8. The fourth-order valence-electron chi connectivity index (χ4n) is 1.47. The van der Waals surface area contributed by atoms with Crippen LogP contribution in [0.3, 0.4) is 0 Å². The van der Waals surface area contributed by atoms with Crippen molar-refractivity contribution in [3.05, 3.63) is 28.8 Å². The lowest BCUT2D eigenvalue weighted by Gasteiger charge is -2.12. The zero-order chi connectivity index (χ0) is 12.8. The Balaban J connectivity index is 3.41. The first-order chi connectivity index (χ1) is 8.19. The first-order valence-electron chi connectivity index (χ1n) is 5.02. The van der Waals surface area contributed by atoms with E-state index in [1.807, 2.05) is 6.07 Å². The second kappa shape index (κ2) is 6.12. The van der Waals surface area contributed by atoms with E-state index in [0.29, 0.717) is 16.9 Å². The van der Waals surface area contributed by atoms with Crippen LogP contribution in [-0.2, 0) is 10.6 Å². The predicted molar refractivity (Wildman–Crippen MR) is 63.2 cm³/mol. The molecule has 0 bridgehead atoms. The van der Waals surface area contributed by atoms with E-state index in [0.717, 1.165) is 0 Å². The van der Waals surface area contributed by atoms with E-state index >= 15 is 0 Å². The number of halogens is 1. The van der Waals surface area contributed by atoms with Crippen molar-refractivity contribution in [2.75, 3.05) is 13.7 Å². The molecule has 0 aliphatic carbocycles. The molecule has 0 spiro atoms. The number of rotatable bonds is 4. The van der Waals surface area contributed by atoms with Crippen LogP contribution in [0.1, 0.15) is 28.4 Å². The van der Waals surface area contributed by atoms with Gasteiger partial charge in [0.25, 0.3) is 0 Å². The Morgan fingerprint density at radius 1 is 1.53 bits per heavy atom. The average Bonchev–Trinajstić information content (AvgIpc) is 2.36. The number of carbonyl (C=O) groups is 1. The summed E-state index contributed by atoms with van der Waals surface area (Å²) in [6.45, 7) is 1.96. The van der Waals surface area contributed by atoms with Crippen LogP contribution in [-0.4, -0.2) is 19.7 Å². The Morgan fingerprint density at radius 3 is 2.71 bits per heavy atom. The molecule has 1 rings (SSSR count). The topological polar surface area (TPSA) is 59.3 Å². The van der Waals surface area contributed by atoms with Gasteiger partial charge in [0.1, 0.15) is 11.3 Å². The highest BCUT2D eigenvalue weighted by Crippen LogP contribution is 2.27. The molecule has 0 aliphatic heterocycles. The molecule has 0 aromatic heterocycles. The van der Waals surface area contributed by atoms with E-state index in [-0.39, 0.29) is 18.1 Å². The van der Waals surface area contributed by atoms with Gasteiger partial charge >= 0.3 is 5.97 Å². The van der Waals surface area contributed by atoms with Crippen molar-refractivity contribution in [1.29, 1.82) is 5.26 Å². The van der Waals surface area contributed by atoms with Crippen molar-refractivity contribution in [3.8, 4) is 11.8 Å². The molecule has 0 fully saturated rings. The first kappa shape index (κ1) is 13.3. The van der Waals surface area contributed by atoms with E-state index in [1.54, 1.807) is 19.1 Å². The van der Waals surface area contributed by atoms with Gasteiger partial charge in [-0.05, 0) is 19.1 Å². The second-order valence-corrected chi connectivity index (χ2v) is 3.40. The Bertz CT molecular complexity index is 466. The molecular formula is C12H12ClNO3. The molecule has 0 aliphatic rings. The molecule has 0 radical (unpaired) electrons. The third-order valence-corrected chi connectivity index (χ3v) is 2.50. The number of nitriles is 1. The molecule has 0 N–H and O–H groups in total. The minimum atomic E-state index is -0.530. The quantitative estimate of drug-likeness (QED) is 0.611. The number of benzene rings is 1. The molecule has 4 nitrogen and oxygen atoms in total. The minimum Gasteiger partial charge on any atom is -0.496 e. The van der Waals surface area contributed by atoms with Gasteiger partial charge in [0.2, 0.25) is 0 Å². The number of alkyl halides is 1. The number of hydrogen-bond donors (Lipinski definition) is 0. The van der Waals surface area contributed by atoms with Gasteiger partial charge in [-0.3, -0.25) is 0 Å². The zero-order valence-electron chi connectivity index (χ0n) is 9.62. The maximum atomic E-state index is 11.8. The van der Waals surface area contributed by atoms with Gasteiger partial charge in [-0.15, -0.1) is 11.6 Å². The molecule has 0 saturated heterocycles. The fourth-order valence-corrected chi connectivity index (χ4v) is 1.74. The summed E-state index contributed by atoms with van der Waals surface area (Å²) in [7, 11) is 1.45. The predicted octanol–water partition coefficient (Wildman–Crippen LogP) is 2.48. The third-order valence-electron chi connectivity index (χ3n) is 2.23. The molecule has 1 aromatic rings. The molecule has 0 atom stereocenters. The first-order valence-corrected chi connectivity index (χ1v) is 5.56. The number of carbonyl (C=O) groups excluding carboxylic acids is 1. The molecule has 17 heavy (non-hydrogen) atoms. The van der Waals surface area contributed by atoms with Gasteiger partial charge in [0.15, 0.2) is 0 Å². The summed E-state index contributed by atoms with van der Waals surface area (Å²) < 4.78 is 10.0. The smallest absolute Gasteiger partial charge is 0.342 e. The zero-order valence-corrected chi connectivity index (χ0v) is 10.4. The van der Waals surface area contributed by atoms with Crippen LogP contribution in [0.15, 0.2) is 12.1 Å². The molecule has 0 unspecified atom stereocenters. The summed E-state index contributed by atoms with van der Waals surface area (Å²) in [5.41, 5.74) is 1.01. The van der Waals surface area contributed by atoms with E-state index in [9.17, 15) is 4.79 Å². The molecular weight excluding hydrogens is 242 g/mol.